The lowest BCUT2D eigenvalue weighted by Crippen LogP contribution is -1.92. The average Bonchev–Trinajstić information content (AvgIpc) is 2.99. The second kappa shape index (κ2) is 9.73. The molecule has 0 bridgehead atoms. The Morgan fingerprint density at radius 1 is 0.741 bits per heavy atom. The number of carbonyl (C=O) groups is 1. The molecule has 4 rings (SSSR count). The Morgan fingerprint density at radius 3 is 2.19 bits per heavy atom. The second-order valence-electron chi connectivity index (χ2n) is 5.92. The molecule has 2 heteroatoms. The number of fused-ring (bicyclic) bond motifs is 1. The van der Waals surface area contributed by atoms with Crippen molar-refractivity contribution in [2.24, 2.45) is 0 Å². The van der Waals surface area contributed by atoms with Gasteiger partial charge in [0.2, 0.25) is 0 Å². The molecule has 3 aromatic carbocycles. The molecule has 1 N–H and O–H groups in total. The van der Waals surface area contributed by atoms with Crippen LogP contribution in [0.1, 0.15) is 21.5 Å². The lowest BCUT2D eigenvalue weighted by atomic mass is 10.1. The zero-order valence-corrected chi connectivity index (χ0v) is 15.0. The van der Waals surface area contributed by atoms with Gasteiger partial charge in [0.05, 0.1) is 0 Å². The zero-order valence-electron chi connectivity index (χ0n) is 15.0. The van der Waals surface area contributed by atoms with E-state index in [2.05, 4.69) is 23.5 Å². The topological polar surface area (TPSA) is 29.1 Å². The van der Waals surface area contributed by atoms with Gasteiger partial charge in [-0.25, -0.2) is 0 Å². The summed E-state index contributed by atoms with van der Waals surface area (Å²) >= 11 is 0. The number of rotatable bonds is 3. The highest BCUT2D eigenvalue weighted by atomic mass is 16.1. The van der Waals surface area contributed by atoms with E-state index in [-0.39, 0.29) is 5.78 Å². The molecular weight excluding hydrogens is 330 g/mol. The Bertz CT molecular complexity index is 954. The minimum absolute atomic E-state index is 0.0319. The Hall–Kier alpha value is -3.65. The molecule has 0 aliphatic carbocycles. The number of hydrogen-bond acceptors (Lipinski definition) is 2. The summed E-state index contributed by atoms with van der Waals surface area (Å²) in [7, 11) is 0. The molecular formula is C25H21NO. The third kappa shape index (κ3) is 5.68. The van der Waals surface area contributed by atoms with Gasteiger partial charge in [0.1, 0.15) is 0 Å². The third-order valence-electron chi connectivity index (χ3n) is 3.97. The normalized spacial score (nSPS) is 11.7. The lowest BCUT2D eigenvalue weighted by Gasteiger charge is -2.01. The summed E-state index contributed by atoms with van der Waals surface area (Å²) in [5, 5.41) is 3.18. The van der Waals surface area contributed by atoms with Crippen molar-refractivity contribution in [2.45, 2.75) is 0 Å². The van der Waals surface area contributed by atoms with Gasteiger partial charge in [-0.1, -0.05) is 97.1 Å². The van der Waals surface area contributed by atoms with Crippen molar-refractivity contribution in [2.75, 3.05) is 5.32 Å². The molecule has 27 heavy (non-hydrogen) atoms. The minimum atomic E-state index is 0.0319. The molecule has 0 fully saturated rings. The van der Waals surface area contributed by atoms with Gasteiger partial charge in [0.15, 0.2) is 5.78 Å². The lowest BCUT2D eigenvalue weighted by molar-refractivity contribution is 0.104. The Morgan fingerprint density at radius 2 is 1.41 bits per heavy atom. The van der Waals surface area contributed by atoms with Gasteiger partial charge < -0.3 is 5.32 Å². The van der Waals surface area contributed by atoms with Crippen LogP contribution >= 0.6 is 0 Å². The van der Waals surface area contributed by atoms with Crippen LogP contribution in [0.3, 0.4) is 0 Å². The maximum Gasteiger partial charge on any atom is 0.185 e. The fourth-order valence-electron chi connectivity index (χ4n) is 2.56. The van der Waals surface area contributed by atoms with Crippen molar-refractivity contribution in [3.8, 4) is 0 Å². The van der Waals surface area contributed by atoms with Crippen molar-refractivity contribution in [1.82, 2.24) is 0 Å². The van der Waals surface area contributed by atoms with E-state index in [4.69, 9.17) is 0 Å². The van der Waals surface area contributed by atoms with Crippen molar-refractivity contribution in [3.05, 3.63) is 126 Å². The molecule has 0 radical (unpaired) electrons. The summed E-state index contributed by atoms with van der Waals surface area (Å²) in [6, 6.07) is 27.3. The average molecular weight is 351 g/mol. The second-order valence-corrected chi connectivity index (χ2v) is 5.92. The number of para-hydroxylation sites is 1. The maximum atomic E-state index is 11.7. The molecule has 0 aromatic heterocycles. The number of ketones is 1. The van der Waals surface area contributed by atoms with Crippen LogP contribution in [-0.2, 0) is 0 Å². The molecule has 1 aliphatic rings. The number of carbonyl (C=O) groups excluding carboxylic acids is 1. The molecule has 3 aromatic rings. The van der Waals surface area contributed by atoms with Crippen molar-refractivity contribution in [3.63, 3.8) is 0 Å². The SMILES string of the molecule is C1=CNc2ccccc2C=C1.O=C(C=Cc1ccccc1)c1ccccc1. The van der Waals surface area contributed by atoms with Gasteiger partial charge in [0.25, 0.3) is 0 Å². The maximum absolute atomic E-state index is 11.7. The molecule has 0 atom stereocenters. The Labute approximate surface area is 160 Å². The first-order valence-corrected chi connectivity index (χ1v) is 8.84. The van der Waals surface area contributed by atoms with Gasteiger partial charge >= 0.3 is 0 Å². The summed E-state index contributed by atoms with van der Waals surface area (Å²) in [5.41, 5.74) is 4.15. The van der Waals surface area contributed by atoms with E-state index in [1.807, 2.05) is 97.2 Å². The van der Waals surface area contributed by atoms with E-state index >= 15 is 0 Å². The van der Waals surface area contributed by atoms with Crippen LogP contribution in [0.4, 0.5) is 5.69 Å². The van der Waals surface area contributed by atoms with Gasteiger partial charge in [-0.2, -0.15) is 0 Å². The van der Waals surface area contributed by atoms with Gasteiger partial charge in [-0.3, -0.25) is 4.79 Å². The first-order valence-electron chi connectivity index (χ1n) is 8.84. The molecule has 0 unspecified atom stereocenters. The molecule has 1 heterocycles. The molecule has 0 spiro atoms. The van der Waals surface area contributed by atoms with Gasteiger partial charge in [0, 0.05) is 17.5 Å². The van der Waals surface area contributed by atoms with E-state index in [1.165, 1.54) is 5.56 Å². The fraction of sp³-hybridized carbons (Fsp3) is 0. The first-order chi connectivity index (χ1) is 13.3. The molecule has 0 saturated carbocycles. The Kier molecular flexibility index (Phi) is 6.54. The van der Waals surface area contributed by atoms with E-state index in [1.54, 1.807) is 6.08 Å². The quantitative estimate of drug-likeness (QED) is 0.448. The predicted octanol–water partition coefficient (Wildman–Crippen LogP) is 6.22. The van der Waals surface area contributed by atoms with Gasteiger partial charge in [-0.05, 0) is 29.3 Å². The van der Waals surface area contributed by atoms with Crippen LogP contribution in [0.5, 0.6) is 0 Å². The summed E-state index contributed by atoms with van der Waals surface area (Å²) < 4.78 is 0. The largest absolute Gasteiger partial charge is 0.361 e. The van der Waals surface area contributed by atoms with E-state index in [0.717, 1.165) is 16.8 Å². The highest BCUT2D eigenvalue weighted by Crippen LogP contribution is 2.18. The number of nitrogens with one attached hydrogen (secondary N) is 1. The molecule has 0 amide bonds. The number of hydrogen-bond donors (Lipinski definition) is 1. The van der Waals surface area contributed by atoms with Crippen LogP contribution < -0.4 is 5.32 Å². The molecule has 132 valence electrons. The van der Waals surface area contributed by atoms with E-state index < -0.39 is 0 Å². The molecule has 2 nitrogen and oxygen atoms in total. The van der Waals surface area contributed by atoms with Crippen molar-refractivity contribution in [1.29, 1.82) is 0 Å². The highest BCUT2D eigenvalue weighted by Gasteiger charge is 1.98. The number of allylic oxidation sites excluding steroid dienone is 3. The number of benzene rings is 3. The summed E-state index contributed by atoms with van der Waals surface area (Å²) in [6.45, 7) is 0. The fourth-order valence-corrected chi connectivity index (χ4v) is 2.56. The van der Waals surface area contributed by atoms with Crippen LogP contribution in [0.15, 0.2) is 109 Å². The van der Waals surface area contributed by atoms with Crippen LogP contribution in [0.2, 0.25) is 0 Å². The third-order valence-corrected chi connectivity index (χ3v) is 3.97. The first kappa shape index (κ1) is 18.2. The van der Waals surface area contributed by atoms with Crippen LogP contribution in [0.25, 0.3) is 12.2 Å². The summed E-state index contributed by atoms with van der Waals surface area (Å²) in [6.07, 6.45) is 11.5. The van der Waals surface area contributed by atoms with Crippen molar-refractivity contribution >= 4 is 23.6 Å². The monoisotopic (exact) mass is 351 g/mol. The Balaban J connectivity index is 0.000000166. The van der Waals surface area contributed by atoms with Crippen LogP contribution in [-0.4, -0.2) is 5.78 Å². The van der Waals surface area contributed by atoms with Gasteiger partial charge in [-0.15, -0.1) is 0 Å². The number of anilines is 1. The molecule has 0 saturated heterocycles. The summed E-state index contributed by atoms with van der Waals surface area (Å²) in [4.78, 5) is 11.7. The smallest absolute Gasteiger partial charge is 0.185 e. The van der Waals surface area contributed by atoms with Crippen LogP contribution in [0, 0.1) is 0 Å². The molecule has 1 aliphatic heterocycles. The van der Waals surface area contributed by atoms with E-state index in [0.29, 0.717) is 0 Å². The highest BCUT2D eigenvalue weighted by molar-refractivity contribution is 6.06. The van der Waals surface area contributed by atoms with Crippen molar-refractivity contribution < 1.29 is 4.79 Å². The predicted molar refractivity (Wildman–Crippen MR) is 114 cm³/mol. The summed E-state index contributed by atoms with van der Waals surface area (Å²) in [5.74, 6) is 0.0319. The standard InChI is InChI=1S/C15H12O.C10H9N/c16-15(14-9-5-2-6-10-14)12-11-13-7-3-1-4-8-13;1-2-7-10-9(5-1)6-3-4-8-11-10/h1-12H;1-8,11H. The zero-order chi connectivity index (χ0) is 18.7. The van der Waals surface area contributed by atoms with E-state index in [9.17, 15) is 4.79 Å². The minimum Gasteiger partial charge on any atom is -0.361 e.